The van der Waals surface area contributed by atoms with Crippen molar-refractivity contribution in [1.29, 1.82) is 0 Å². The van der Waals surface area contributed by atoms with Gasteiger partial charge in [-0.15, -0.1) is 0 Å². The third kappa shape index (κ3) is 2.42. The second kappa shape index (κ2) is 4.93. The highest BCUT2D eigenvalue weighted by Crippen LogP contribution is 2.23. The zero-order valence-corrected chi connectivity index (χ0v) is 9.99. The molecule has 1 aliphatic rings. The summed E-state index contributed by atoms with van der Waals surface area (Å²) in [4.78, 5) is 4.79. The van der Waals surface area contributed by atoms with Crippen LogP contribution in [0.15, 0.2) is 24.3 Å². The molecular formula is C13H19FN2. The Bertz CT molecular complexity index is 336. The van der Waals surface area contributed by atoms with Crippen LogP contribution in [0.25, 0.3) is 0 Å². The van der Waals surface area contributed by atoms with Gasteiger partial charge in [0.1, 0.15) is 5.82 Å². The van der Waals surface area contributed by atoms with Crippen LogP contribution in [0.5, 0.6) is 0 Å². The smallest absolute Gasteiger partial charge is 0.123 e. The Morgan fingerprint density at radius 1 is 1.25 bits per heavy atom. The van der Waals surface area contributed by atoms with E-state index in [9.17, 15) is 4.39 Å². The molecule has 3 heteroatoms. The molecule has 1 aromatic carbocycles. The van der Waals surface area contributed by atoms with E-state index in [-0.39, 0.29) is 5.82 Å². The number of hydrogen-bond donors (Lipinski definition) is 0. The Balaban J connectivity index is 2.14. The van der Waals surface area contributed by atoms with Crippen molar-refractivity contribution in [1.82, 2.24) is 9.80 Å². The fourth-order valence-corrected chi connectivity index (χ4v) is 2.26. The number of halogens is 1. The first-order chi connectivity index (χ1) is 7.70. The molecule has 0 radical (unpaired) electrons. The van der Waals surface area contributed by atoms with E-state index in [1.165, 1.54) is 5.56 Å². The van der Waals surface area contributed by atoms with Gasteiger partial charge >= 0.3 is 0 Å². The van der Waals surface area contributed by atoms with Gasteiger partial charge in [0.2, 0.25) is 0 Å². The summed E-state index contributed by atoms with van der Waals surface area (Å²) in [5.41, 5.74) is 1.21. The summed E-state index contributed by atoms with van der Waals surface area (Å²) < 4.78 is 12.9. The number of nitrogens with zero attached hydrogens (tertiary/aromatic N) is 2. The first-order valence-electron chi connectivity index (χ1n) is 5.88. The summed E-state index contributed by atoms with van der Waals surface area (Å²) in [6.07, 6.45) is 0. The molecule has 1 saturated heterocycles. The lowest BCUT2D eigenvalue weighted by Crippen LogP contribution is -2.46. The van der Waals surface area contributed by atoms with Gasteiger partial charge in [0.25, 0.3) is 0 Å². The number of benzene rings is 1. The molecule has 0 spiro atoms. The summed E-state index contributed by atoms with van der Waals surface area (Å²) in [5.74, 6) is -0.158. The van der Waals surface area contributed by atoms with Crippen LogP contribution in [0, 0.1) is 5.82 Å². The fraction of sp³-hybridized carbons (Fsp3) is 0.538. The molecule has 0 amide bonds. The molecule has 0 aromatic heterocycles. The first kappa shape index (κ1) is 11.6. The van der Waals surface area contributed by atoms with Crippen LogP contribution in [0.3, 0.4) is 0 Å². The Morgan fingerprint density at radius 2 is 1.94 bits per heavy atom. The SMILES string of the molecule is CCN1CCN(C)C(c2ccc(F)cc2)C1. The van der Waals surface area contributed by atoms with E-state index >= 15 is 0 Å². The fourth-order valence-electron chi connectivity index (χ4n) is 2.26. The van der Waals surface area contributed by atoms with Gasteiger partial charge in [0, 0.05) is 25.7 Å². The lowest BCUT2D eigenvalue weighted by molar-refractivity contribution is 0.0997. The Labute approximate surface area is 96.7 Å². The summed E-state index contributed by atoms with van der Waals surface area (Å²) in [6.45, 7) is 6.53. The predicted molar refractivity (Wildman–Crippen MR) is 63.9 cm³/mol. The summed E-state index contributed by atoms with van der Waals surface area (Å²) >= 11 is 0. The number of hydrogen-bond acceptors (Lipinski definition) is 2. The lowest BCUT2D eigenvalue weighted by atomic mass is 10.0. The van der Waals surface area contributed by atoms with Gasteiger partial charge in [-0.25, -0.2) is 4.39 Å². The lowest BCUT2D eigenvalue weighted by Gasteiger charge is -2.39. The van der Waals surface area contributed by atoms with Gasteiger partial charge < -0.3 is 4.90 Å². The highest BCUT2D eigenvalue weighted by atomic mass is 19.1. The monoisotopic (exact) mass is 222 g/mol. The van der Waals surface area contributed by atoms with Gasteiger partial charge in [0.15, 0.2) is 0 Å². The molecule has 2 nitrogen and oxygen atoms in total. The summed E-state index contributed by atoms with van der Waals surface area (Å²) in [6, 6.07) is 7.29. The van der Waals surface area contributed by atoms with E-state index < -0.39 is 0 Å². The average molecular weight is 222 g/mol. The molecule has 2 rings (SSSR count). The molecule has 0 bridgehead atoms. The van der Waals surface area contributed by atoms with Gasteiger partial charge in [-0.05, 0) is 31.3 Å². The van der Waals surface area contributed by atoms with Crippen molar-refractivity contribution in [2.45, 2.75) is 13.0 Å². The maximum absolute atomic E-state index is 12.9. The van der Waals surface area contributed by atoms with Crippen molar-refractivity contribution in [3.05, 3.63) is 35.6 Å². The standard InChI is InChI=1S/C13H19FN2/c1-3-16-9-8-15(2)13(10-16)11-4-6-12(14)7-5-11/h4-7,13H,3,8-10H2,1-2H3. The molecule has 0 aliphatic carbocycles. The van der Waals surface area contributed by atoms with Gasteiger partial charge in [-0.1, -0.05) is 19.1 Å². The van der Waals surface area contributed by atoms with Crippen LogP contribution in [0.2, 0.25) is 0 Å². The molecule has 1 aromatic rings. The van der Waals surface area contributed by atoms with Gasteiger partial charge in [0.05, 0.1) is 0 Å². The van der Waals surface area contributed by atoms with Crippen molar-refractivity contribution in [3.8, 4) is 0 Å². The third-order valence-corrected chi connectivity index (χ3v) is 3.43. The molecule has 1 aliphatic heterocycles. The zero-order chi connectivity index (χ0) is 11.5. The van der Waals surface area contributed by atoms with E-state index in [2.05, 4.69) is 23.8 Å². The van der Waals surface area contributed by atoms with Gasteiger partial charge in [-0.2, -0.15) is 0 Å². The Hall–Kier alpha value is -0.930. The summed E-state index contributed by atoms with van der Waals surface area (Å²) in [7, 11) is 2.14. The maximum Gasteiger partial charge on any atom is 0.123 e. The second-order valence-corrected chi connectivity index (χ2v) is 4.44. The van der Waals surface area contributed by atoms with Crippen LogP contribution in [-0.2, 0) is 0 Å². The number of likely N-dealkylation sites (N-methyl/N-ethyl adjacent to an activating group) is 2. The Kier molecular flexibility index (Phi) is 3.56. The van der Waals surface area contributed by atoms with Crippen LogP contribution < -0.4 is 0 Å². The van der Waals surface area contributed by atoms with E-state index in [1.54, 1.807) is 12.1 Å². The quantitative estimate of drug-likeness (QED) is 0.756. The molecule has 1 unspecified atom stereocenters. The van der Waals surface area contributed by atoms with Crippen molar-refractivity contribution in [3.63, 3.8) is 0 Å². The van der Waals surface area contributed by atoms with Crippen LogP contribution in [-0.4, -0.2) is 43.0 Å². The van der Waals surface area contributed by atoms with E-state index in [4.69, 9.17) is 0 Å². The normalized spacial score (nSPS) is 23.6. The van der Waals surface area contributed by atoms with E-state index in [1.807, 2.05) is 12.1 Å². The highest BCUT2D eigenvalue weighted by molar-refractivity contribution is 5.20. The van der Waals surface area contributed by atoms with Crippen LogP contribution >= 0.6 is 0 Å². The second-order valence-electron chi connectivity index (χ2n) is 4.44. The molecular weight excluding hydrogens is 203 g/mol. The number of piperazine rings is 1. The molecule has 16 heavy (non-hydrogen) atoms. The molecule has 0 saturated carbocycles. The molecule has 1 heterocycles. The molecule has 0 N–H and O–H groups in total. The minimum absolute atomic E-state index is 0.158. The third-order valence-electron chi connectivity index (χ3n) is 3.43. The highest BCUT2D eigenvalue weighted by Gasteiger charge is 2.24. The van der Waals surface area contributed by atoms with Gasteiger partial charge in [-0.3, -0.25) is 4.90 Å². The topological polar surface area (TPSA) is 6.48 Å². The number of rotatable bonds is 2. The zero-order valence-electron chi connectivity index (χ0n) is 9.99. The van der Waals surface area contributed by atoms with E-state index in [0.717, 1.165) is 26.2 Å². The van der Waals surface area contributed by atoms with Crippen LogP contribution in [0.4, 0.5) is 4.39 Å². The summed E-state index contributed by atoms with van der Waals surface area (Å²) in [5, 5.41) is 0. The largest absolute Gasteiger partial charge is 0.300 e. The predicted octanol–water partition coefficient (Wildman–Crippen LogP) is 2.13. The first-order valence-corrected chi connectivity index (χ1v) is 5.88. The van der Waals surface area contributed by atoms with Crippen molar-refractivity contribution >= 4 is 0 Å². The maximum atomic E-state index is 12.9. The average Bonchev–Trinajstić information content (AvgIpc) is 2.31. The molecule has 1 atom stereocenters. The molecule has 88 valence electrons. The van der Waals surface area contributed by atoms with Crippen molar-refractivity contribution in [2.24, 2.45) is 0 Å². The minimum atomic E-state index is -0.158. The van der Waals surface area contributed by atoms with E-state index in [0.29, 0.717) is 6.04 Å². The van der Waals surface area contributed by atoms with Crippen molar-refractivity contribution < 1.29 is 4.39 Å². The van der Waals surface area contributed by atoms with Crippen LogP contribution in [0.1, 0.15) is 18.5 Å². The Morgan fingerprint density at radius 3 is 2.56 bits per heavy atom. The molecule has 1 fully saturated rings. The van der Waals surface area contributed by atoms with Crippen molar-refractivity contribution in [2.75, 3.05) is 33.2 Å². The minimum Gasteiger partial charge on any atom is -0.300 e.